The Balaban J connectivity index is 1.74. The number of hydrogen-bond acceptors (Lipinski definition) is 5. The summed E-state index contributed by atoms with van der Waals surface area (Å²) in [5.74, 6) is 0.0762. The molecule has 1 fully saturated rings. The molecule has 0 spiro atoms. The van der Waals surface area contributed by atoms with Crippen LogP contribution < -0.4 is 10.2 Å². The number of ether oxygens (including phenoxy) is 1. The van der Waals surface area contributed by atoms with Crippen LogP contribution >= 0.6 is 0 Å². The van der Waals surface area contributed by atoms with E-state index in [0.29, 0.717) is 17.4 Å². The highest BCUT2D eigenvalue weighted by Gasteiger charge is 2.29. The normalized spacial score (nSPS) is 20.3. The summed E-state index contributed by atoms with van der Waals surface area (Å²) in [4.78, 5) is 31.3. The number of dihydropyridines is 1. The summed E-state index contributed by atoms with van der Waals surface area (Å²) < 4.78 is 7.28. The molecule has 1 aromatic rings. The van der Waals surface area contributed by atoms with Crippen LogP contribution in [0.4, 0.5) is 5.82 Å². The Morgan fingerprint density at radius 3 is 2.62 bits per heavy atom. The lowest BCUT2D eigenvalue weighted by atomic mass is 9.96. The van der Waals surface area contributed by atoms with Gasteiger partial charge < -0.3 is 15.0 Å². The number of allylic oxidation sites excluding steroid dienone is 1. The Kier molecular flexibility index (Phi) is 6.52. The lowest BCUT2D eigenvalue weighted by molar-refractivity contribution is -0.120. The van der Waals surface area contributed by atoms with Gasteiger partial charge in [-0.3, -0.25) is 14.3 Å². The Morgan fingerprint density at radius 2 is 2.00 bits per heavy atom. The summed E-state index contributed by atoms with van der Waals surface area (Å²) in [6, 6.07) is 0.382. The Hall–Kier alpha value is -2.48. The van der Waals surface area contributed by atoms with Gasteiger partial charge in [0.1, 0.15) is 5.82 Å². The van der Waals surface area contributed by atoms with Crippen molar-refractivity contribution in [3.8, 4) is 0 Å². The second-order valence-corrected chi connectivity index (χ2v) is 7.79. The molecule has 3 heterocycles. The van der Waals surface area contributed by atoms with Crippen LogP contribution in [0.25, 0.3) is 0 Å². The SMILES string of the molecule is CCN(c1c(C)c(C(=O)NCC2C(=O)N=C(C)C=C2C)nn1C)C1CCOCC1. The number of rotatable bonds is 6. The topological polar surface area (TPSA) is 88.8 Å². The van der Waals surface area contributed by atoms with Crippen LogP contribution in [0, 0.1) is 12.8 Å². The third-order valence-electron chi connectivity index (χ3n) is 5.74. The summed E-state index contributed by atoms with van der Waals surface area (Å²) in [5, 5.41) is 7.37. The van der Waals surface area contributed by atoms with Crippen LogP contribution in [0.2, 0.25) is 0 Å². The number of amides is 2. The van der Waals surface area contributed by atoms with Crippen molar-refractivity contribution in [2.75, 3.05) is 31.2 Å². The Labute approximate surface area is 172 Å². The first-order valence-corrected chi connectivity index (χ1v) is 10.3. The lowest BCUT2D eigenvalue weighted by Crippen LogP contribution is -2.40. The molecule has 0 bridgehead atoms. The van der Waals surface area contributed by atoms with Crippen molar-refractivity contribution in [1.29, 1.82) is 0 Å². The van der Waals surface area contributed by atoms with Crippen molar-refractivity contribution in [2.45, 2.75) is 46.6 Å². The molecule has 158 valence electrons. The van der Waals surface area contributed by atoms with Gasteiger partial charge in [-0.1, -0.05) is 5.57 Å². The summed E-state index contributed by atoms with van der Waals surface area (Å²) in [5.41, 5.74) is 2.87. The number of aliphatic imine (C=N–C) groups is 1. The van der Waals surface area contributed by atoms with Crippen LogP contribution in [0.5, 0.6) is 0 Å². The number of hydrogen-bond donors (Lipinski definition) is 1. The van der Waals surface area contributed by atoms with Gasteiger partial charge in [0, 0.05) is 50.7 Å². The van der Waals surface area contributed by atoms with E-state index in [1.54, 1.807) is 11.6 Å². The molecule has 2 amide bonds. The van der Waals surface area contributed by atoms with Gasteiger partial charge in [-0.25, -0.2) is 4.99 Å². The highest BCUT2D eigenvalue weighted by Crippen LogP contribution is 2.28. The van der Waals surface area contributed by atoms with Gasteiger partial charge in [0.15, 0.2) is 5.69 Å². The number of nitrogens with zero attached hydrogens (tertiary/aromatic N) is 4. The quantitative estimate of drug-likeness (QED) is 0.788. The van der Waals surface area contributed by atoms with Gasteiger partial charge in [0.05, 0.1) is 5.92 Å². The van der Waals surface area contributed by atoms with E-state index in [4.69, 9.17) is 4.74 Å². The molecule has 0 saturated carbocycles. The maximum atomic E-state index is 12.8. The monoisotopic (exact) mass is 401 g/mol. The largest absolute Gasteiger partial charge is 0.381 e. The van der Waals surface area contributed by atoms with Crippen LogP contribution in [-0.2, 0) is 16.6 Å². The summed E-state index contributed by atoms with van der Waals surface area (Å²) in [7, 11) is 1.87. The first-order chi connectivity index (χ1) is 13.8. The molecule has 1 saturated heterocycles. The maximum Gasteiger partial charge on any atom is 0.272 e. The molecule has 3 rings (SSSR count). The van der Waals surface area contributed by atoms with E-state index >= 15 is 0 Å². The maximum absolute atomic E-state index is 12.8. The molecule has 2 aliphatic rings. The molecule has 0 aromatic carbocycles. The predicted molar refractivity (Wildman–Crippen MR) is 113 cm³/mol. The van der Waals surface area contributed by atoms with E-state index < -0.39 is 5.92 Å². The number of aryl methyl sites for hydroxylation is 1. The second kappa shape index (κ2) is 8.90. The average molecular weight is 402 g/mol. The zero-order chi connectivity index (χ0) is 21.1. The lowest BCUT2D eigenvalue weighted by Gasteiger charge is -2.35. The molecule has 29 heavy (non-hydrogen) atoms. The fourth-order valence-electron chi connectivity index (χ4n) is 4.25. The van der Waals surface area contributed by atoms with Crippen molar-refractivity contribution in [3.63, 3.8) is 0 Å². The third-order valence-corrected chi connectivity index (χ3v) is 5.74. The molecule has 1 unspecified atom stereocenters. The van der Waals surface area contributed by atoms with Crippen molar-refractivity contribution >= 4 is 23.3 Å². The highest BCUT2D eigenvalue weighted by molar-refractivity contribution is 6.06. The standard InChI is InChI=1S/C21H31N5O3/c1-6-26(16-7-9-29-10-8-16)21-15(4)18(24-25(21)5)20(28)22-12-17-13(2)11-14(3)23-19(17)27/h11,16-17H,6-10,12H2,1-5H3,(H,22,28). The molecule has 2 aliphatic heterocycles. The summed E-state index contributed by atoms with van der Waals surface area (Å²) in [6.45, 7) is 10.3. The van der Waals surface area contributed by atoms with E-state index in [0.717, 1.165) is 49.6 Å². The minimum atomic E-state index is -0.416. The van der Waals surface area contributed by atoms with E-state index in [2.05, 4.69) is 27.2 Å². The van der Waals surface area contributed by atoms with Crippen LogP contribution in [0.3, 0.4) is 0 Å². The fourth-order valence-corrected chi connectivity index (χ4v) is 4.25. The first-order valence-electron chi connectivity index (χ1n) is 10.3. The minimum absolute atomic E-state index is 0.210. The van der Waals surface area contributed by atoms with E-state index in [9.17, 15) is 9.59 Å². The van der Waals surface area contributed by atoms with Gasteiger partial charge in [0.25, 0.3) is 11.8 Å². The van der Waals surface area contributed by atoms with Crippen molar-refractivity contribution in [3.05, 3.63) is 22.9 Å². The van der Waals surface area contributed by atoms with Crippen molar-refractivity contribution in [2.24, 2.45) is 18.0 Å². The minimum Gasteiger partial charge on any atom is -0.381 e. The van der Waals surface area contributed by atoms with Gasteiger partial charge in [-0.15, -0.1) is 0 Å². The molecule has 0 radical (unpaired) electrons. The van der Waals surface area contributed by atoms with Crippen molar-refractivity contribution < 1.29 is 14.3 Å². The average Bonchev–Trinajstić information content (AvgIpc) is 2.97. The first kappa shape index (κ1) is 21.2. The number of nitrogens with one attached hydrogen (secondary N) is 1. The van der Waals surface area contributed by atoms with Crippen molar-refractivity contribution in [1.82, 2.24) is 15.1 Å². The molecule has 1 atom stereocenters. The predicted octanol–water partition coefficient (Wildman–Crippen LogP) is 2.03. The smallest absolute Gasteiger partial charge is 0.272 e. The summed E-state index contributed by atoms with van der Waals surface area (Å²) in [6.07, 6.45) is 3.82. The zero-order valence-corrected chi connectivity index (χ0v) is 18.0. The van der Waals surface area contributed by atoms with Gasteiger partial charge >= 0.3 is 0 Å². The van der Waals surface area contributed by atoms with Crippen LogP contribution in [0.1, 0.15) is 49.7 Å². The summed E-state index contributed by atoms with van der Waals surface area (Å²) >= 11 is 0. The number of aromatic nitrogens is 2. The molecular weight excluding hydrogens is 370 g/mol. The van der Waals surface area contributed by atoms with Gasteiger partial charge in [-0.2, -0.15) is 5.10 Å². The van der Waals surface area contributed by atoms with Gasteiger partial charge in [-0.05, 0) is 46.6 Å². The molecule has 8 heteroatoms. The second-order valence-electron chi connectivity index (χ2n) is 7.79. The van der Waals surface area contributed by atoms with Gasteiger partial charge in [0.2, 0.25) is 0 Å². The van der Waals surface area contributed by atoms with Crippen LogP contribution in [0.15, 0.2) is 16.6 Å². The van der Waals surface area contributed by atoms with Crippen LogP contribution in [-0.4, -0.2) is 59.7 Å². The molecular formula is C21H31N5O3. The Morgan fingerprint density at radius 1 is 1.31 bits per heavy atom. The van der Waals surface area contributed by atoms with E-state index in [1.165, 1.54) is 0 Å². The number of carbonyl (C=O) groups excluding carboxylic acids is 2. The van der Waals surface area contributed by atoms with E-state index in [-0.39, 0.29) is 18.4 Å². The highest BCUT2D eigenvalue weighted by atomic mass is 16.5. The molecule has 1 aromatic heterocycles. The fraction of sp³-hybridized carbons (Fsp3) is 0.619. The molecule has 0 aliphatic carbocycles. The molecule has 1 N–H and O–H groups in total. The third kappa shape index (κ3) is 4.42. The van der Waals surface area contributed by atoms with E-state index in [1.807, 2.05) is 27.0 Å². The number of anilines is 1. The zero-order valence-electron chi connectivity index (χ0n) is 18.0. The Bertz CT molecular complexity index is 849. The molecule has 8 nitrogen and oxygen atoms in total. The number of carbonyl (C=O) groups is 2.